The Kier molecular flexibility index (Phi) is 8.60. The van der Waals surface area contributed by atoms with Gasteiger partial charge in [-0.15, -0.1) is 11.3 Å². The molecule has 11 rings (SSSR count). The van der Waals surface area contributed by atoms with Crippen LogP contribution in [0.1, 0.15) is 0 Å². The first-order valence-electron chi connectivity index (χ1n) is 19.6. The molecule has 0 atom stereocenters. The number of fused-ring (bicyclic) bond motifs is 5. The summed E-state index contributed by atoms with van der Waals surface area (Å²) in [5.74, 6) is 2.57. The predicted octanol–water partition coefficient (Wildman–Crippen LogP) is 13.9. The van der Waals surface area contributed by atoms with Crippen molar-refractivity contribution in [2.45, 2.75) is 0 Å². The first-order chi connectivity index (χ1) is 29.2. The molecule has 0 aliphatic rings. The summed E-state index contributed by atoms with van der Waals surface area (Å²) in [7, 11) is 0. The van der Waals surface area contributed by atoms with Crippen molar-refractivity contribution in [3.63, 3.8) is 0 Å². The minimum Gasteiger partial charge on any atom is -0.228 e. The van der Waals surface area contributed by atoms with Crippen LogP contribution in [0.4, 0.5) is 0 Å². The average Bonchev–Trinajstić information content (AvgIpc) is 3.71. The molecular weight excluding hydrogens is 739 g/mol. The molecule has 0 fully saturated rings. The van der Waals surface area contributed by atoms with E-state index in [1.807, 2.05) is 78.1 Å². The first-order valence-corrected chi connectivity index (χ1v) is 20.4. The summed E-state index contributed by atoms with van der Waals surface area (Å²) < 4.78 is 2.57. The van der Waals surface area contributed by atoms with Gasteiger partial charge in [0, 0.05) is 53.6 Å². The van der Waals surface area contributed by atoms with Crippen LogP contribution in [0.2, 0.25) is 0 Å². The molecule has 5 nitrogen and oxygen atoms in total. The molecule has 0 saturated heterocycles. The van der Waals surface area contributed by atoms with Gasteiger partial charge >= 0.3 is 0 Å². The quantitative estimate of drug-likeness (QED) is 0.161. The highest BCUT2D eigenvalue weighted by Gasteiger charge is 2.16. The summed E-state index contributed by atoms with van der Waals surface area (Å²) in [6.45, 7) is 0. The van der Waals surface area contributed by atoms with Crippen LogP contribution in [0, 0.1) is 0 Å². The standard InChI is InChI=1S/C53H33N5S/c1-4-14-35(15-5-1)45-33-46(55-52(54-45)42-27-26-34-28-29-48-49(44(34)32-42)43-24-10-11-25-47(43)59-48)40-22-12-20-38(30-40)39-21-13-23-41(31-39)53-57-50(36-16-6-2-7-17-36)56-51(58-53)37-18-8-3-9-19-37/h1-33H. The van der Waals surface area contributed by atoms with Gasteiger partial charge in [-0.1, -0.05) is 164 Å². The van der Waals surface area contributed by atoms with Crippen molar-refractivity contribution in [3.8, 4) is 79.2 Å². The van der Waals surface area contributed by atoms with Crippen molar-refractivity contribution in [1.29, 1.82) is 0 Å². The normalized spacial score (nSPS) is 11.4. The zero-order valence-corrected chi connectivity index (χ0v) is 32.5. The lowest BCUT2D eigenvalue weighted by molar-refractivity contribution is 1.07. The van der Waals surface area contributed by atoms with Crippen LogP contribution in [0.5, 0.6) is 0 Å². The minimum absolute atomic E-state index is 0.617. The van der Waals surface area contributed by atoms with Gasteiger partial charge < -0.3 is 0 Å². The van der Waals surface area contributed by atoms with Crippen molar-refractivity contribution in [1.82, 2.24) is 24.9 Å². The lowest BCUT2D eigenvalue weighted by Crippen LogP contribution is -2.00. The highest BCUT2D eigenvalue weighted by atomic mass is 32.1. The maximum Gasteiger partial charge on any atom is 0.164 e. The van der Waals surface area contributed by atoms with Gasteiger partial charge in [0.25, 0.3) is 0 Å². The van der Waals surface area contributed by atoms with E-state index in [1.54, 1.807) is 0 Å². The molecule has 0 aliphatic heterocycles. The fourth-order valence-electron chi connectivity index (χ4n) is 7.80. The van der Waals surface area contributed by atoms with Crippen LogP contribution in [-0.2, 0) is 0 Å². The largest absolute Gasteiger partial charge is 0.228 e. The summed E-state index contributed by atoms with van der Waals surface area (Å²) in [6.07, 6.45) is 0. The zero-order valence-electron chi connectivity index (χ0n) is 31.7. The number of benzene rings is 8. The van der Waals surface area contributed by atoms with Gasteiger partial charge in [0.05, 0.1) is 11.4 Å². The van der Waals surface area contributed by atoms with Crippen molar-refractivity contribution >= 4 is 42.3 Å². The van der Waals surface area contributed by atoms with E-state index in [4.69, 9.17) is 24.9 Å². The van der Waals surface area contributed by atoms with Crippen LogP contribution >= 0.6 is 11.3 Å². The molecule has 0 amide bonds. The predicted molar refractivity (Wildman–Crippen MR) is 244 cm³/mol. The molecule has 11 aromatic rings. The molecule has 59 heavy (non-hydrogen) atoms. The summed E-state index contributed by atoms with van der Waals surface area (Å²) >= 11 is 1.83. The topological polar surface area (TPSA) is 64.5 Å². The Morgan fingerprint density at radius 2 is 0.746 bits per heavy atom. The zero-order chi connectivity index (χ0) is 39.1. The fraction of sp³-hybridized carbons (Fsp3) is 0. The first kappa shape index (κ1) is 34.6. The summed E-state index contributed by atoms with van der Waals surface area (Å²) in [6, 6.07) is 69.3. The molecule has 3 aromatic heterocycles. The van der Waals surface area contributed by atoms with Gasteiger partial charge in [-0.3, -0.25) is 0 Å². The number of aromatic nitrogens is 5. The van der Waals surface area contributed by atoms with Crippen molar-refractivity contribution in [3.05, 3.63) is 200 Å². The van der Waals surface area contributed by atoms with Crippen LogP contribution in [0.15, 0.2) is 200 Å². The highest BCUT2D eigenvalue weighted by molar-refractivity contribution is 7.26. The third kappa shape index (κ3) is 6.61. The van der Waals surface area contributed by atoms with E-state index in [-0.39, 0.29) is 0 Å². The Labute approximate surface area is 345 Å². The lowest BCUT2D eigenvalue weighted by atomic mass is 9.98. The van der Waals surface area contributed by atoms with E-state index in [0.29, 0.717) is 23.3 Å². The van der Waals surface area contributed by atoms with Crippen molar-refractivity contribution in [2.75, 3.05) is 0 Å². The number of hydrogen-bond donors (Lipinski definition) is 0. The van der Waals surface area contributed by atoms with Gasteiger partial charge in [0.1, 0.15) is 0 Å². The summed E-state index contributed by atoms with van der Waals surface area (Å²) in [5, 5.41) is 4.96. The molecule has 6 heteroatoms. The Morgan fingerprint density at radius 3 is 1.42 bits per heavy atom. The molecule has 0 spiro atoms. The van der Waals surface area contributed by atoms with E-state index in [0.717, 1.165) is 55.9 Å². The molecule has 3 heterocycles. The maximum atomic E-state index is 5.28. The van der Waals surface area contributed by atoms with Crippen LogP contribution in [0.25, 0.3) is 110 Å². The van der Waals surface area contributed by atoms with E-state index >= 15 is 0 Å². The number of hydrogen-bond acceptors (Lipinski definition) is 6. The lowest BCUT2D eigenvalue weighted by Gasteiger charge is -2.12. The van der Waals surface area contributed by atoms with Crippen molar-refractivity contribution < 1.29 is 0 Å². The van der Waals surface area contributed by atoms with Crippen LogP contribution < -0.4 is 0 Å². The fourth-order valence-corrected chi connectivity index (χ4v) is 8.92. The van der Waals surface area contributed by atoms with E-state index in [1.165, 1.54) is 30.9 Å². The second-order valence-electron chi connectivity index (χ2n) is 14.5. The van der Waals surface area contributed by atoms with Gasteiger partial charge in [0.15, 0.2) is 23.3 Å². The van der Waals surface area contributed by atoms with E-state index in [2.05, 4.69) is 133 Å². The van der Waals surface area contributed by atoms with E-state index < -0.39 is 0 Å². The van der Waals surface area contributed by atoms with Crippen LogP contribution in [-0.4, -0.2) is 24.9 Å². The Morgan fingerprint density at radius 1 is 0.271 bits per heavy atom. The van der Waals surface area contributed by atoms with Crippen LogP contribution in [0.3, 0.4) is 0 Å². The molecule has 8 aromatic carbocycles. The molecule has 0 aliphatic carbocycles. The van der Waals surface area contributed by atoms with Gasteiger partial charge in [0.2, 0.25) is 0 Å². The Hall–Kier alpha value is -7.67. The minimum atomic E-state index is 0.617. The van der Waals surface area contributed by atoms with Gasteiger partial charge in [-0.2, -0.15) is 0 Å². The molecule has 0 unspecified atom stereocenters. The molecule has 0 radical (unpaired) electrons. The van der Waals surface area contributed by atoms with Gasteiger partial charge in [-0.05, 0) is 58.3 Å². The maximum absolute atomic E-state index is 5.28. The molecule has 276 valence electrons. The monoisotopic (exact) mass is 771 g/mol. The number of thiophene rings is 1. The SMILES string of the molecule is c1ccc(-c2cc(-c3cccc(-c4cccc(-c5nc(-c6ccccc6)nc(-c6ccccc6)n5)c4)c3)nc(-c3ccc4ccc5sc6ccccc6c5c4c3)n2)cc1. The molecular formula is C53H33N5S. The van der Waals surface area contributed by atoms with Gasteiger partial charge in [-0.25, -0.2) is 24.9 Å². The van der Waals surface area contributed by atoms with Crippen molar-refractivity contribution in [2.24, 2.45) is 0 Å². The highest BCUT2D eigenvalue weighted by Crippen LogP contribution is 2.40. The Balaban J connectivity index is 1.02. The third-order valence-corrected chi connectivity index (χ3v) is 11.9. The summed E-state index contributed by atoms with van der Waals surface area (Å²) in [5.41, 5.74) is 9.62. The average molecular weight is 772 g/mol. The third-order valence-electron chi connectivity index (χ3n) is 10.7. The summed E-state index contributed by atoms with van der Waals surface area (Å²) in [4.78, 5) is 25.3. The second-order valence-corrected chi connectivity index (χ2v) is 15.6. The number of nitrogens with zero attached hydrogens (tertiary/aromatic N) is 5. The number of rotatable bonds is 7. The smallest absolute Gasteiger partial charge is 0.164 e. The molecule has 0 bridgehead atoms. The Bertz CT molecular complexity index is 3270. The molecule has 0 N–H and O–H groups in total. The second kappa shape index (κ2) is 14.7. The van der Waals surface area contributed by atoms with E-state index in [9.17, 15) is 0 Å². The molecule has 0 saturated carbocycles.